The average Bonchev–Trinajstić information content (AvgIpc) is 3.74. The number of halogens is 2. The van der Waals surface area contributed by atoms with E-state index in [9.17, 15) is 9.59 Å². The molecule has 3 aliphatic rings. The quantitative estimate of drug-likeness (QED) is 0.249. The molecule has 46 heavy (non-hydrogen) atoms. The summed E-state index contributed by atoms with van der Waals surface area (Å²) in [5, 5.41) is 0.703. The minimum Gasteiger partial charge on any atom is -0.445 e. The van der Waals surface area contributed by atoms with Crippen molar-refractivity contribution in [1.82, 2.24) is 29.2 Å². The van der Waals surface area contributed by atoms with Crippen LogP contribution >= 0.6 is 27.5 Å². The van der Waals surface area contributed by atoms with Crippen molar-refractivity contribution in [2.45, 2.75) is 57.0 Å². The number of ether oxygens (including phenoxy) is 1. The Kier molecular flexibility index (Phi) is 9.10. The van der Waals surface area contributed by atoms with Crippen LogP contribution in [-0.2, 0) is 35.5 Å². The molecule has 0 bridgehead atoms. The molecule has 11 heteroatoms. The van der Waals surface area contributed by atoms with Gasteiger partial charge in [-0.1, -0.05) is 48.0 Å². The smallest absolute Gasteiger partial charge is 0.410 e. The molecule has 1 unspecified atom stereocenters. The Labute approximate surface area is 282 Å². The highest BCUT2D eigenvalue weighted by Crippen LogP contribution is 2.39. The average molecular weight is 704 g/mol. The van der Waals surface area contributed by atoms with Crippen LogP contribution in [-0.4, -0.2) is 79.5 Å². The molecular weight excluding hydrogens is 668 g/mol. The summed E-state index contributed by atoms with van der Waals surface area (Å²) in [7, 11) is 0. The number of aromatic nitrogens is 3. The molecule has 238 valence electrons. The predicted molar refractivity (Wildman–Crippen MR) is 178 cm³/mol. The number of rotatable bonds is 6. The van der Waals surface area contributed by atoms with E-state index in [0.29, 0.717) is 37.7 Å². The van der Waals surface area contributed by atoms with Gasteiger partial charge in [-0.25, -0.2) is 9.78 Å². The van der Waals surface area contributed by atoms with E-state index in [1.54, 1.807) is 17.4 Å². The van der Waals surface area contributed by atoms with E-state index in [0.717, 1.165) is 47.0 Å². The molecule has 2 fully saturated rings. The summed E-state index contributed by atoms with van der Waals surface area (Å²) >= 11 is 10.1. The van der Waals surface area contributed by atoms with Gasteiger partial charge in [0.2, 0.25) is 5.91 Å². The van der Waals surface area contributed by atoms with Crippen LogP contribution in [0.4, 0.5) is 4.79 Å². The molecular formula is C35H36BrClN6O3. The maximum atomic E-state index is 14.6. The van der Waals surface area contributed by atoms with Gasteiger partial charge in [-0.2, -0.15) is 0 Å². The number of benzene rings is 2. The normalized spacial score (nSPS) is 21.4. The Bertz CT molecular complexity index is 1650. The monoisotopic (exact) mass is 702 g/mol. The predicted octanol–water partition coefficient (Wildman–Crippen LogP) is 5.90. The first kappa shape index (κ1) is 30.9. The fraction of sp³-hybridized carbons (Fsp3) is 0.371. The zero-order valence-corrected chi connectivity index (χ0v) is 27.8. The molecule has 3 atom stereocenters. The molecule has 2 aromatic carbocycles. The fourth-order valence-corrected chi connectivity index (χ4v) is 7.77. The van der Waals surface area contributed by atoms with E-state index in [2.05, 4.69) is 44.0 Å². The number of carbonyl (C=O) groups excluding carboxylic acids is 2. The number of amides is 2. The van der Waals surface area contributed by atoms with Gasteiger partial charge in [0.15, 0.2) is 0 Å². The van der Waals surface area contributed by atoms with Crippen molar-refractivity contribution in [3.05, 3.63) is 117 Å². The lowest BCUT2D eigenvalue weighted by molar-refractivity contribution is -0.140. The second-order valence-corrected chi connectivity index (χ2v) is 13.6. The van der Waals surface area contributed by atoms with Crippen molar-refractivity contribution in [3.8, 4) is 0 Å². The van der Waals surface area contributed by atoms with Crippen molar-refractivity contribution in [3.63, 3.8) is 0 Å². The summed E-state index contributed by atoms with van der Waals surface area (Å²) in [6, 6.07) is 17.0. The number of pyridine rings is 1. The number of fused-ring (bicyclic) bond motifs is 2. The van der Waals surface area contributed by atoms with Gasteiger partial charge in [-0.3, -0.25) is 19.6 Å². The van der Waals surface area contributed by atoms with Crippen LogP contribution in [0.25, 0.3) is 0 Å². The van der Waals surface area contributed by atoms with E-state index in [1.165, 1.54) is 11.1 Å². The summed E-state index contributed by atoms with van der Waals surface area (Å²) in [4.78, 5) is 43.4. The van der Waals surface area contributed by atoms with Crippen LogP contribution in [0.1, 0.15) is 46.8 Å². The van der Waals surface area contributed by atoms with Gasteiger partial charge >= 0.3 is 6.09 Å². The largest absolute Gasteiger partial charge is 0.445 e. The molecule has 0 N–H and O–H groups in total. The third-order valence-corrected chi connectivity index (χ3v) is 10.1. The molecule has 4 aromatic rings. The van der Waals surface area contributed by atoms with Gasteiger partial charge in [0, 0.05) is 66.9 Å². The van der Waals surface area contributed by atoms with E-state index >= 15 is 0 Å². The molecule has 0 spiro atoms. The molecule has 2 aromatic heterocycles. The highest BCUT2D eigenvalue weighted by atomic mass is 79.9. The van der Waals surface area contributed by atoms with Crippen molar-refractivity contribution in [2.75, 3.05) is 26.2 Å². The molecule has 4 heterocycles. The third-order valence-electron chi connectivity index (χ3n) is 9.43. The lowest BCUT2D eigenvalue weighted by Gasteiger charge is -2.44. The second-order valence-electron chi connectivity index (χ2n) is 12.3. The zero-order chi connectivity index (χ0) is 31.6. The van der Waals surface area contributed by atoms with Gasteiger partial charge in [-0.15, -0.1) is 0 Å². The highest BCUT2D eigenvalue weighted by Gasteiger charge is 2.44. The lowest BCUT2D eigenvalue weighted by atomic mass is 9.95. The summed E-state index contributed by atoms with van der Waals surface area (Å²) < 4.78 is 8.77. The number of carbonyl (C=O) groups is 2. The van der Waals surface area contributed by atoms with Gasteiger partial charge in [0.25, 0.3) is 0 Å². The van der Waals surface area contributed by atoms with Crippen molar-refractivity contribution < 1.29 is 14.3 Å². The Morgan fingerprint density at radius 3 is 2.67 bits per heavy atom. The highest BCUT2D eigenvalue weighted by molar-refractivity contribution is 9.10. The lowest BCUT2D eigenvalue weighted by Crippen LogP contribution is -2.62. The molecule has 2 amide bonds. The van der Waals surface area contributed by atoms with Crippen LogP contribution in [0, 0.1) is 0 Å². The maximum absolute atomic E-state index is 14.6. The van der Waals surface area contributed by atoms with Gasteiger partial charge in [0.1, 0.15) is 12.6 Å². The molecule has 7 rings (SSSR count). The SMILES string of the molecule is O=C([C@H]1CN(C2c3ccc(Cl)cc3CCc3cc(Br)cnc32)CCN1C(=O)OCc1ccccc1)N1CCC[C@@H]1Cn1ccnc1. The van der Waals surface area contributed by atoms with Crippen molar-refractivity contribution in [1.29, 1.82) is 0 Å². The van der Waals surface area contributed by atoms with Crippen LogP contribution < -0.4 is 0 Å². The number of nitrogens with zero attached hydrogens (tertiary/aromatic N) is 6. The van der Waals surface area contributed by atoms with E-state index in [-0.39, 0.29) is 24.6 Å². The van der Waals surface area contributed by atoms with Gasteiger partial charge in [0.05, 0.1) is 18.1 Å². The second kappa shape index (κ2) is 13.6. The third kappa shape index (κ3) is 6.43. The topological polar surface area (TPSA) is 83.8 Å². The van der Waals surface area contributed by atoms with E-state index in [1.807, 2.05) is 58.3 Å². The number of hydrogen-bond acceptors (Lipinski definition) is 6. The molecule has 9 nitrogen and oxygen atoms in total. The summed E-state index contributed by atoms with van der Waals surface area (Å²) in [5.74, 6) is -0.0436. The van der Waals surface area contributed by atoms with Crippen LogP contribution in [0.2, 0.25) is 5.02 Å². The minimum atomic E-state index is -0.710. The van der Waals surface area contributed by atoms with Crippen molar-refractivity contribution in [2.24, 2.45) is 0 Å². The number of imidazole rings is 1. The molecule has 0 saturated carbocycles. The number of likely N-dealkylation sites (tertiary alicyclic amines) is 1. The molecule has 1 aliphatic carbocycles. The molecule has 2 aliphatic heterocycles. The van der Waals surface area contributed by atoms with Crippen LogP contribution in [0.3, 0.4) is 0 Å². The number of piperazine rings is 1. The summed E-state index contributed by atoms with van der Waals surface area (Å²) in [6.07, 6.45) is 10.3. The van der Waals surface area contributed by atoms with Crippen molar-refractivity contribution >= 4 is 39.5 Å². The molecule has 2 saturated heterocycles. The Hall–Kier alpha value is -3.73. The van der Waals surface area contributed by atoms with E-state index in [4.69, 9.17) is 21.3 Å². The first-order chi connectivity index (χ1) is 22.4. The summed E-state index contributed by atoms with van der Waals surface area (Å²) in [6.45, 7) is 2.75. The van der Waals surface area contributed by atoms with Gasteiger partial charge < -0.3 is 14.2 Å². The number of hydrogen-bond donors (Lipinski definition) is 0. The first-order valence-corrected chi connectivity index (χ1v) is 17.0. The maximum Gasteiger partial charge on any atom is 0.410 e. The Morgan fingerprint density at radius 2 is 1.85 bits per heavy atom. The first-order valence-electron chi connectivity index (χ1n) is 15.8. The zero-order valence-electron chi connectivity index (χ0n) is 25.5. The summed E-state index contributed by atoms with van der Waals surface area (Å²) in [5.41, 5.74) is 5.37. The van der Waals surface area contributed by atoms with Gasteiger partial charge in [-0.05, 0) is 82.1 Å². The Balaban J connectivity index is 1.21. The number of aryl methyl sites for hydroxylation is 2. The van der Waals surface area contributed by atoms with E-state index < -0.39 is 12.1 Å². The van der Waals surface area contributed by atoms with Crippen LogP contribution in [0.15, 0.2) is 84.0 Å². The minimum absolute atomic E-state index is 0.0276. The molecule has 0 radical (unpaired) electrons. The fourth-order valence-electron chi connectivity index (χ4n) is 7.20. The Morgan fingerprint density at radius 1 is 1.00 bits per heavy atom. The standard InChI is InChI=1S/C35H36BrClN6O3/c36-27-17-26-9-8-25-18-28(37)10-11-30(25)33(32(26)39-19-27)41-15-16-43(35(45)46-22-24-5-2-1-3-6-24)31(21-41)34(44)42-13-4-7-29(42)20-40-14-12-38-23-40/h1-3,5-6,10-12,14,17-19,23,29,31,33H,4,7-9,13,15-16,20-22H2/t29-,31-,33?/m1/s1. The van der Waals surface area contributed by atoms with Crippen LogP contribution in [0.5, 0.6) is 0 Å².